The van der Waals surface area contributed by atoms with Crippen LogP contribution in [0.4, 0.5) is 0 Å². The number of nitrogens with one attached hydrogen (secondary N) is 1. The zero-order valence-electron chi connectivity index (χ0n) is 10.5. The van der Waals surface area contributed by atoms with Gasteiger partial charge in [-0.05, 0) is 50.9 Å². The van der Waals surface area contributed by atoms with Crippen molar-refractivity contribution in [2.24, 2.45) is 11.8 Å². The average Bonchev–Trinajstić information content (AvgIpc) is 3.03. The Bertz CT molecular complexity index is 239. The summed E-state index contributed by atoms with van der Waals surface area (Å²) in [5.74, 6) is 1.81. The molecule has 0 aromatic carbocycles. The summed E-state index contributed by atoms with van der Waals surface area (Å²) in [5, 5.41) is 3.96. The molecule has 1 saturated heterocycles. The van der Waals surface area contributed by atoms with Crippen molar-refractivity contribution in [2.75, 3.05) is 6.61 Å². The third-order valence-electron chi connectivity index (χ3n) is 4.84. The molecule has 2 nitrogen and oxygen atoms in total. The lowest BCUT2D eigenvalue weighted by Crippen LogP contribution is -2.48. The van der Waals surface area contributed by atoms with Gasteiger partial charge in [-0.25, -0.2) is 0 Å². The van der Waals surface area contributed by atoms with Crippen molar-refractivity contribution >= 4 is 0 Å². The molecular weight excluding hydrogens is 198 g/mol. The normalized spacial score (nSPS) is 40.7. The molecule has 0 aromatic heterocycles. The second-order valence-electron chi connectivity index (χ2n) is 5.92. The fraction of sp³-hybridized carbons (Fsp3) is 1.00. The Morgan fingerprint density at radius 3 is 2.81 bits per heavy atom. The number of hydrogen-bond donors (Lipinski definition) is 1. The van der Waals surface area contributed by atoms with E-state index in [0.717, 1.165) is 30.5 Å². The minimum absolute atomic E-state index is 0.586. The van der Waals surface area contributed by atoms with Crippen LogP contribution >= 0.6 is 0 Å². The maximum absolute atomic E-state index is 5.84. The van der Waals surface area contributed by atoms with Crippen LogP contribution in [0.1, 0.15) is 51.9 Å². The van der Waals surface area contributed by atoms with E-state index in [1.807, 2.05) is 0 Å². The summed E-state index contributed by atoms with van der Waals surface area (Å²) in [6.45, 7) is 3.34. The molecule has 0 bridgehead atoms. The summed E-state index contributed by atoms with van der Waals surface area (Å²) in [5.41, 5.74) is 0. The van der Waals surface area contributed by atoms with Crippen LogP contribution < -0.4 is 5.32 Å². The van der Waals surface area contributed by atoms with E-state index >= 15 is 0 Å². The molecular formula is C14H25NO. The molecule has 0 amide bonds. The summed E-state index contributed by atoms with van der Waals surface area (Å²) in [6.07, 6.45) is 10.2. The number of rotatable bonds is 4. The smallest absolute Gasteiger partial charge is 0.0619 e. The Balaban J connectivity index is 1.59. The van der Waals surface area contributed by atoms with Gasteiger partial charge in [-0.2, -0.15) is 0 Å². The van der Waals surface area contributed by atoms with Crippen LogP contribution in [-0.2, 0) is 4.74 Å². The van der Waals surface area contributed by atoms with Crippen molar-refractivity contribution in [3.63, 3.8) is 0 Å². The molecule has 3 rings (SSSR count). The van der Waals surface area contributed by atoms with Gasteiger partial charge in [0.15, 0.2) is 0 Å². The minimum Gasteiger partial charge on any atom is -0.378 e. The molecule has 4 unspecified atom stereocenters. The van der Waals surface area contributed by atoms with Crippen molar-refractivity contribution in [2.45, 2.75) is 70.1 Å². The molecule has 2 aliphatic carbocycles. The lowest BCUT2D eigenvalue weighted by atomic mass is 9.81. The van der Waals surface area contributed by atoms with E-state index in [1.54, 1.807) is 0 Å². The lowest BCUT2D eigenvalue weighted by Gasteiger charge is -2.36. The lowest BCUT2D eigenvalue weighted by molar-refractivity contribution is 0.0503. The summed E-state index contributed by atoms with van der Waals surface area (Å²) in [7, 11) is 0. The van der Waals surface area contributed by atoms with Gasteiger partial charge in [0, 0.05) is 24.6 Å². The van der Waals surface area contributed by atoms with Gasteiger partial charge in [0.05, 0.1) is 6.10 Å². The van der Waals surface area contributed by atoms with E-state index in [2.05, 4.69) is 12.2 Å². The molecule has 2 saturated carbocycles. The van der Waals surface area contributed by atoms with Crippen LogP contribution in [0.5, 0.6) is 0 Å². The van der Waals surface area contributed by atoms with Crippen molar-refractivity contribution in [3.05, 3.63) is 0 Å². The quantitative estimate of drug-likeness (QED) is 0.791. The Labute approximate surface area is 99.1 Å². The van der Waals surface area contributed by atoms with Crippen LogP contribution in [0.3, 0.4) is 0 Å². The van der Waals surface area contributed by atoms with E-state index in [-0.39, 0.29) is 0 Å². The Hall–Kier alpha value is -0.0800. The van der Waals surface area contributed by atoms with Gasteiger partial charge >= 0.3 is 0 Å². The number of ether oxygens (including phenoxy) is 1. The molecule has 4 atom stereocenters. The summed E-state index contributed by atoms with van der Waals surface area (Å²) in [6, 6.07) is 1.55. The maximum atomic E-state index is 5.84. The van der Waals surface area contributed by atoms with Gasteiger partial charge in [0.1, 0.15) is 0 Å². The highest BCUT2D eigenvalue weighted by Gasteiger charge is 2.40. The van der Waals surface area contributed by atoms with Gasteiger partial charge in [-0.1, -0.05) is 6.92 Å². The van der Waals surface area contributed by atoms with Crippen molar-refractivity contribution in [3.8, 4) is 0 Å². The topological polar surface area (TPSA) is 21.3 Å². The van der Waals surface area contributed by atoms with Crippen LogP contribution in [0.2, 0.25) is 0 Å². The molecule has 1 heterocycles. The molecule has 0 spiro atoms. The van der Waals surface area contributed by atoms with Gasteiger partial charge in [0.25, 0.3) is 0 Å². The van der Waals surface area contributed by atoms with Crippen LogP contribution in [-0.4, -0.2) is 24.8 Å². The molecule has 16 heavy (non-hydrogen) atoms. The first-order valence-electron chi connectivity index (χ1n) is 7.26. The van der Waals surface area contributed by atoms with E-state index < -0.39 is 0 Å². The zero-order valence-corrected chi connectivity index (χ0v) is 10.5. The Morgan fingerprint density at radius 2 is 2.06 bits per heavy atom. The van der Waals surface area contributed by atoms with Gasteiger partial charge in [-0.15, -0.1) is 0 Å². The third kappa shape index (κ3) is 2.14. The number of fused-ring (bicyclic) bond motifs is 1. The zero-order chi connectivity index (χ0) is 11.0. The molecule has 0 aromatic rings. The number of hydrogen-bond acceptors (Lipinski definition) is 2. The van der Waals surface area contributed by atoms with E-state index in [9.17, 15) is 0 Å². The predicted octanol–water partition coefficient (Wildman–Crippen LogP) is 2.72. The van der Waals surface area contributed by atoms with Crippen LogP contribution in [0.15, 0.2) is 0 Å². The van der Waals surface area contributed by atoms with Crippen molar-refractivity contribution in [1.82, 2.24) is 5.32 Å². The molecule has 92 valence electrons. The second-order valence-corrected chi connectivity index (χ2v) is 5.92. The third-order valence-corrected chi connectivity index (χ3v) is 4.84. The summed E-state index contributed by atoms with van der Waals surface area (Å²) in [4.78, 5) is 0. The van der Waals surface area contributed by atoms with E-state index in [1.165, 1.54) is 44.9 Å². The van der Waals surface area contributed by atoms with Crippen molar-refractivity contribution < 1.29 is 4.74 Å². The van der Waals surface area contributed by atoms with Crippen LogP contribution in [0, 0.1) is 11.8 Å². The molecule has 1 aliphatic heterocycles. The Kier molecular flexibility index (Phi) is 3.21. The Morgan fingerprint density at radius 1 is 1.19 bits per heavy atom. The fourth-order valence-corrected chi connectivity index (χ4v) is 3.74. The molecule has 3 aliphatic rings. The highest BCUT2D eigenvalue weighted by Crippen LogP contribution is 2.38. The summed E-state index contributed by atoms with van der Waals surface area (Å²) >= 11 is 0. The average molecular weight is 223 g/mol. The first kappa shape index (κ1) is 11.0. The molecule has 0 radical (unpaired) electrons. The molecule has 1 N–H and O–H groups in total. The monoisotopic (exact) mass is 223 g/mol. The first-order valence-corrected chi connectivity index (χ1v) is 7.26. The van der Waals surface area contributed by atoms with Crippen molar-refractivity contribution in [1.29, 1.82) is 0 Å². The van der Waals surface area contributed by atoms with E-state index in [0.29, 0.717) is 6.10 Å². The highest BCUT2D eigenvalue weighted by molar-refractivity contribution is 4.94. The minimum atomic E-state index is 0.586. The maximum Gasteiger partial charge on any atom is 0.0619 e. The highest BCUT2D eigenvalue weighted by atomic mass is 16.5. The molecule has 3 fully saturated rings. The largest absolute Gasteiger partial charge is 0.378 e. The fourth-order valence-electron chi connectivity index (χ4n) is 3.74. The van der Waals surface area contributed by atoms with E-state index in [4.69, 9.17) is 4.74 Å². The summed E-state index contributed by atoms with van der Waals surface area (Å²) < 4.78 is 5.84. The second kappa shape index (κ2) is 4.66. The SMILES string of the molecule is CCC(NC1CCCC2OCCC12)C1CC1. The predicted molar refractivity (Wildman–Crippen MR) is 65.4 cm³/mol. The molecule has 2 heteroatoms. The standard InChI is InChI=1S/C14H25NO/c1-2-12(10-6-7-10)15-13-4-3-5-14-11(13)8-9-16-14/h10-15H,2-9H2,1H3. The van der Waals surface area contributed by atoms with Gasteiger partial charge in [0.2, 0.25) is 0 Å². The van der Waals surface area contributed by atoms with Crippen LogP contribution in [0.25, 0.3) is 0 Å². The van der Waals surface area contributed by atoms with Gasteiger partial charge < -0.3 is 10.1 Å². The van der Waals surface area contributed by atoms with Gasteiger partial charge in [-0.3, -0.25) is 0 Å². The first-order chi connectivity index (χ1) is 7.88.